The van der Waals surface area contributed by atoms with E-state index < -0.39 is 10.0 Å². The van der Waals surface area contributed by atoms with E-state index in [1.54, 1.807) is 18.2 Å². The van der Waals surface area contributed by atoms with Crippen LogP contribution in [0.1, 0.15) is 11.1 Å². The molecule has 0 atom stereocenters. The van der Waals surface area contributed by atoms with Crippen LogP contribution >= 0.6 is 0 Å². The van der Waals surface area contributed by atoms with E-state index in [1.165, 1.54) is 19.2 Å². The fraction of sp³-hybridized carbons (Fsp3) is 0.316. The zero-order chi connectivity index (χ0) is 19.2. The molecule has 0 aliphatic heterocycles. The fourth-order valence-corrected chi connectivity index (χ4v) is 3.48. The third kappa shape index (κ3) is 5.31. The number of hydrogen-bond acceptors (Lipinski definition) is 4. The molecule has 0 saturated carbocycles. The number of sulfonamides is 1. The monoisotopic (exact) mass is 376 g/mol. The van der Waals surface area contributed by atoms with Gasteiger partial charge in [0.05, 0.1) is 18.0 Å². The van der Waals surface area contributed by atoms with Gasteiger partial charge in [-0.25, -0.2) is 8.42 Å². The molecule has 0 heterocycles. The summed E-state index contributed by atoms with van der Waals surface area (Å²) >= 11 is 0. The first-order valence-electron chi connectivity index (χ1n) is 8.29. The molecule has 0 fully saturated rings. The average Bonchev–Trinajstić information content (AvgIpc) is 2.62. The van der Waals surface area contributed by atoms with Crippen molar-refractivity contribution in [2.45, 2.75) is 18.7 Å². The largest absolute Gasteiger partial charge is 0.491 e. The number of nitrogens with one attached hydrogen (secondary N) is 1. The number of hydrogen-bond donors (Lipinski definition) is 1. The van der Waals surface area contributed by atoms with Crippen molar-refractivity contribution >= 4 is 15.9 Å². The lowest BCUT2D eigenvalue weighted by atomic mass is 10.1. The van der Waals surface area contributed by atoms with Gasteiger partial charge in [0.1, 0.15) is 12.4 Å². The van der Waals surface area contributed by atoms with Crippen LogP contribution in [-0.2, 0) is 14.8 Å². The zero-order valence-electron chi connectivity index (χ0n) is 15.2. The van der Waals surface area contributed by atoms with Gasteiger partial charge in [-0.15, -0.1) is 0 Å². The normalized spacial score (nSPS) is 11.4. The Morgan fingerprint density at radius 2 is 1.81 bits per heavy atom. The summed E-state index contributed by atoms with van der Waals surface area (Å²) in [6.45, 7) is 4.30. The second-order valence-electron chi connectivity index (χ2n) is 6.04. The van der Waals surface area contributed by atoms with Crippen molar-refractivity contribution in [3.05, 3.63) is 59.7 Å². The van der Waals surface area contributed by atoms with Crippen LogP contribution in [0.25, 0.3) is 0 Å². The molecule has 0 aliphatic rings. The number of amides is 1. The predicted octanol–water partition coefficient (Wildman–Crippen LogP) is 2.12. The van der Waals surface area contributed by atoms with E-state index in [4.69, 9.17) is 4.74 Å². The minimum atomic E-state index is -3.68. The molecule has 140 valence electrons. The number of ether oxygens (including phenoxy) is 1. The van der Waals surface area contributed by atoms with E-state index in [9.17, 15) is 13.2 Å². The highest BCUT2D eigenvalue weighted by molar-refractivity contribution is 7.89. The van der Waals surface area contributed by atoms with Gasteiger partial charge in [0.2, 0.25) is 15.9 Å². The minimum absolute atomic E-state index is 0.161. The van der Waals surface area contributed by atoms with Gasteiger partial charge in [-0.05, 0) is 43.2 Å². The standard InChI is InChI=1S/C19H24N2O4S/c1-15-9-10-16(2)18(13-15)25-12-11-20-19(22)14-21(3)26(23,24)17-7-5-4-6-8-17/h4-10,13H,11-12,14H2,1-3H3,(H,20,22). The van der Waals surface area contributed by atoms with Gasteiger partial charge in [0.15, 0.2) is 0 Å². The maximum atomic E-state index is 12.4. The summed E-state index contributed by atoms with van der Waals surface area (Å²) in [6.07, 6.45) is 0. The number of likely N-dealkylation sites (N-methyl/N-ethyl adjacent to an activating group) is 1. The fourth-order valence-electron chi connectivity index (χ4n) is 2.33. The van der Waals surface area contributed by atoms with Crippen molar-refractivity contribution in [1.82, 2.24) is 9.62 Å². The lowest BCUT2D eigenvalue weighted by molar-refractivity contribution is -0.121. The minimum Gasteiger partial charge on any atom is -0.491 e. The smallest absolute Gasteiger partial charge is 0.243 e. The van der Waals surface area contributed by atoms with Crippen LogP contribution in [-0.4, -0.2) is 45.4 Å². The maximum absolute atomic E-state index is 12.4. The maximum Gasteiger partial charge on any atom is 0.243 e. The van der Waals surface area contributed by atoms with Crippen molar-refractivity contribution in [3.8, 4) is 5.75 Å². The van der Waals surface area contributed by atoms with Gasteiger partial charge in [-0.3, -0.25) is 4.79 Å². The third-order valence-electron chi connectivity index (χ3n) is 3.84. The van der Waals surface area contributed by atoms with E-state index in [0.717, 1.165) is 21.2 Å². The molecule has 1 N–H and O–H groups in total. The van der Waals surface area contributed by atoms with Gasteiger partial charge in [-0.2, -0.15) is 4.31 Å². The Morgan fingerprint density at radius 1 is 1.12 bits per heavy atom. The van der Waals surface area contributed by atoms with E-state index in [0.29, 0.717) is 13.2 Å². The molecule has 7 heteroatoms. The number of benzene rings is 2. The van der Waals surface area contributed by atoms with Gasteiger partial charge in [-0.1, -0.05) is 30.3 Å². The Labute approximate surface area is 154 Å². The molecular weight excluding hydrogens is 352 g/mol. The highest BCUT2D eigenvalue weighted by Gasteiger charge is 2.22. The Kier molecular flexibility index (Phi) is 6.76. The summed E-state index contributed by atoms with van der Waals surface area (Å²) in [6, 6.07) is 14.0. The quantitative estimate of drug-likeness (QED) is 0.716. The Hall–Kier alpha value is -2.38. The molecule has 0 aliphatic carbocycles. The molecule has 1 amide bonds. The molecule has 6 nitrogen and oxygen atoms in total. The van der Waals surface area contributed by atoms with Crippen LogP contribution in [0, 0.1) is 13.8 Å². The highest BCUT2D eigenvalue weighted by atomic mass is 32.2. The number of rotatable bonds is 8. The topological polar surface area (TPSA) is 75.7 Å². The van der Waals surface area contributed by atoms with Crippen LogP contribution < -0.4 is 10.1 Å². The van der Waals surface area contributed by atoms with Crippen molar-refractivity contribution in [3.63, 3.8) is 0 Å². The Balaban J connectivity index is 1.80. The molecule has 26 heavy (non-hydrogen) atoms. The highest BCUT2D eigenvalue weighted by Crippen LogP contribution is 2.18. The molecule has 0 spiro atoms. The summed E-state index contributed by atoms with van der Waals surface area (Å²) in [7, 11) is -2.29. The van der Waals surface area contributed by atoms with Gasteiger partial charge >= 0.3 is 0 Å². The molecule has 0 aromatic heterocycles. The molecule has 2 aromatic rings. The molecule has 0 bridgehead atoms. The number of aryl methyl sites for hydroxylation is 2. The van der Waals surface area contributed by atoms with Gasteiger partial charge < -0.3 is 10.1 Å². The van der Waals surface area contributed by atoms with Crippen molar-refractivity contribution in [2.24, 2.45) is 0 Å². The van der Waals surface area contributed by atoms with E-state index in [-0.39, 0.29) is 17.3 Å². The summed E-state index contributed by atoms with van der Waals surface area (Å²) in [4.78, 5) is 12.2. The first kappa shape index (κ1) is 19.9. The van der Waals surface area contributed by atoms with Crippen LogP contribution in [0.5, 0.6) is 5.75 Å². The van der Waals surface area contributed by atoms with Crippen molar-refractivity contribution < 1.29 is 17.9 Å². The van der Waals surface area contributed by atoms with Crippen LogP contribution in [0.3, 0.4) is 0 Å². The first-order valence-corrected chi connectivity index (χ1v) is 9.73. The Bertz CT molecular complexity index is 851. The second kappa shape index (κ2) is 8.82. The zero-order valence-corrected chi connectivity index (χ0v) is 16.0. The van der Waals surface area contributed by atoms with Crippen molar-refractivity contribution in [1.29, 1.82) is 0 Å². The van der Waals surface area contributed by atoms with E-state index in [1.807, 2.05) is 32.0 Å². The van der Waals surface area contributed by atoms with Gasteiger partial charge in [0.25, 0.3) is 0 Å². The lowest BCUT2D eigenvalue weighted by Crippen LogP contribution is -2.39. The van der Waals surface area contributed by atoms with Gasteiger partial charge in [0, 0.05) is 7.05 Å². The summed E-state index contributed by atoms with van der Waals surface area (Å²) in [5.41, 5.74) is 2.12. The first-order chi connectivity index (χ1) is 12.3. The summed E-state index contributed by atoms with van der Waals surface area (Å²) < 4.78 is 31.4. The van der Waals surface area contributed by atoms with E-state index >= 15 is 0 Å². The molecule has 0 radical (unpaired) electrons. The number of carbonyl (C=O) groups is 1. The van der Waals surface area contributed by atoms with Crippen molar-refractivity contribution in [2.75, 3.05) is 26.7 Å². The average molecular weight is 376 g/mol. The van der Waals surface area contributed by atoms with Crippen LogP contribution in [0.15, 0.2) is 53.4 Å². The molecule has 2 rings (SSSR count). The number of carbonyl (C=O) groups excluding carboxylic acids is 1. The SMILES string of the molecule is Cc1ccc(C)c(OCCNC(=O)CN(C)S(=O)(=O)c2ccccc2)c1. The van der Waals surface area contributed by atoms with E-state index in [2.05, 4.69) is 5.32 Å². The van der Waals surface area contributed by atoms with Crippen LogP contribution in [0.2, 0.25) is 0 Å². The Morgan fingerprint density at radius 3 is 2.50 bits per heavy atom. The molecule has 0 unspecified atom stereocenters. The number of nitrogens with zero attached hydrogens (tertiary/aromatic N) is 1. The molecular formula is C19H24N2O4S. The summed E-state index contributed by atoms with van der Waals surface area (Å²) in [5, 5.41) is 2.67. The second-order valence-corrected chi connectivity index (χ2v) is 8.09. The predicted molar refractivity (Wildman–Crippen MR) is 101 cm³/mol. The molecule has 0 saturated heterocycles. The molecule has 2 aromatic carbocycles. The van der Waals surface area contributed by atoms with Crippen LogP contribution in [0.4, 0.5) is 0 Å². The lowest BCUT2D eigenvalue weighted by Gasteiger charge is -2.17. The summed E-state index contributed by atoms with van der Waals surface area (Å²) in [5.74, 6) is 0.402. The third-order valence-corrected chi connectivity index (χ3v) is 5.66.